The summed E-state index contributed by atoms with van der Waals surface area (Å²) in [6, 6.07) is 4.07. The average molecular weight is 317 g/mol. The van der Waals surface area contributed by atoms with E-state index in [1.165, 1.54) is 18.2 Å². The lowest BCUT2D eigenvalue weighted by atomic mass is 10.1. The summed E-state index contributed by atoms with van der Waals surface area (Å²) in [6.07, 6.45) is 3.45. The van der Waals surface area contributed by atoms with Crippen molar-refractivity contribution in [3.8, 4) is 0 Å². The summed E-state index contributed by atoms with van der Waals surface area (Å²) in [5.74, 6) is 0.176. The van der Waals surface area contributed by atoms with Crippen LogP contribution in [0.2, 0.25) is 5.02 Å². The zero-order chi connectivity index (χ0) is 14.9. The second-order valence-corrected chi connectivity index (χ2v) is 7.59. The summed E-state index contributed by atoms with van der Waals surface area (Å²) in [6.45, 7) is 0. The Bertz CT molecular complexity index is 627. The molecule has 20 heavy (non-hydrogen) atoms. The van der Waals surface area contributed by atoms with Crippen LogP contribution in [0.25, 0.3) is 0 Å². The highest BCUT2D eigenvalue weighted by atomic mass is 35.5. The van der Waals surface area contributed by atoms with Crippen molar-refractivity contribution in [1.29, 1.82) is 0 Å². The van der Waals surface area contributed by atoms with Gasteiger partial charge in [-0.2, -0.15) is 0 Å². The van der Waals surface area contributed by atoms with Gasteiger partial charge in [-0.05, 0) is 37.0 Å². The van der Waals surface area contributed by atoms with Gasteiger partial charge in [-0.3, -0.25) is 4.79 Å². The first-order valence-electron chi connectivity index (χ1n) is 6.32. The van der Waals surface area contributed by atoms with Gasteiger partial charge in [0.15, 0.2) is 9.84 Å². The lowest BCUT2D eigenvalue weighted by Gasteiger charge is -2.12. The van der Waals surface area contributed by atoms with E-state index in [2.05, 4.69) is 5.32 Å². The molecule has 0 spiro atoms. The molecule has 0 saturated heterocycles. The van der Waals surface area contributed by atoms with E-state index in [0.717, 1.165) is 19.1 Å². The van der Waals surface area contributed by atoms with E-state index in [4.69, 9.17) is 17.3 Å². The SMILES string of the molecule is CS(=O)(=O)c1ccc(Cl)c(NC(=O)CC(N)C2CC2)c1. The van der Waals surface area contributed by atoms with E-state index in [1.54, 1.807) is 0 Å². The van der Waals surface area contributed by atoms with E-state index < -0.39 is 9.84 Å². The standard InChI is InChI=1S/C13H17ClN2O3S/c1-20(18,19)9-4-5-10(14)12(6-9)16-13(17)7-11(15)8-2-3-8/h4-6,8,11H,2-3,7,15H2,1H3,(H,16,17). The van der Waals surface area contributed by atoms with Crippen LogP contribution < -0.4 is 11.1 Å². The third-order valence-electron chi connectivity index (χ3n) is 3.29. The number of halogens is 1. The number of carbonyl (C=O) groups excluding carboxylic acids is 1. The molecule has 0 bridgehead atoms. The molecule has 1 aliphatic rings. The Morgan fingerprint density at radius 3 is 2.70 bits per heavy atom. The molecule has 1 amide bonds. The molecule has 1 fully saturated rings. The number of benzene rings is 1. The molecular weight excluding hydrogens is 300 g/mol. The molecule has 2 rings (SSSR count). The molecule has 1 aromatic carbocycles. The van der Waals surface area contributed by atoms with Crippen LogP contribution in [-0.4, -0.2) is 26.6 Å². The van der Waals surface area contributed by atoms with E-state index in [0.29, 0.717) is 16.6 Å². The quantitative estimate of drug-likeness (QED) is 0.867. The van der Waals surface area contributed by atoms with Crippen LogP contribution in [0.5, 0.6) is 0 Å². The van der Waals surface area contributed by atoms with Crippen LogP contribution in [0.4, 0.5) is 5.69 Å². The normalized spacial score (nSPS) is 16.8. The molecule has 110 valence electrons. The molecule has 1 saturated carbocycles. The maximum absolute atomic E-state index is 11.9. The molecule has 1 aliphatic carbocycles. The zero-order valence-corrected chi connectivity index (χ0v) is 12.7. The second kappa shape index (κ2) is 5.71. The summed E-state index contributed by atoms with van der Waals surface area (Å²) in [7, 11) is -3.34. The van der Waals surface area contributed by atoms with Gasteiger partial charge in [0, 0.05) is 18.7 Å². The fourth-order valence-corrected chi connectivity index (χ4v) is 2.75. The van der Waals surface area contributed by atoms with Crippen molar-refractivity contribution in [3.63, 3.8) is 0 Å². The van der Waals surface area contributed by atoms with E-state index in [-0.39, 0.29) is 23.3 Å². The Kier molecular flexibility index (Phi) is 4.36. The van der Waals surface area contributed by atoms with Crippen LogP contribution in [-0.2, 0) is 14.6 Å². The summed E-state index contributed by atoms with van der Waals surface area (Å²) in [5, 5.41) is 2.92. The average Bonchev–Trinajstić information content (AvgIpc) is 3.14. The van der Waals surface area contributed by atoms with Crippen molar-refractivity contribution in [2.75, 3.05) is 11.6 Å². The Balaban J connectivity index is 2.09. The first kappa shape index (κ1) is 15.3. The Morgan fingerprint density at radius 2 is 2.15 bits per heavy atom. The highest BCUT2D eigenvalue weighted by Gasteiger charge is 2.29. The van der Waals surface area contributed by atoms with Crippen LogP contribution >= 0.6 is 11.6 Å². The lowest BCUT2D eigenvalue weighted by Crippen LogP contribution is -2.28. The largest absolute Gasteiger partial charge is 0.327 e. The van der Waals surface area contributed by atoms with Gasteiger partial charge in [0.25, 0.3) is 0 Å². The third kappa shape index (κ3) is 3.94. The van der Waals surface area contributed by atoms with Crippen LogP contribution in [0.1, 0.15) is 19.3 Å². The second-order valence-electron chi connectivity index (χ2n) is 5.17. The van der Waals surface area contributed by atoms with Crippen molar-refractivity contribution in [2.24, 2.45) is 11.7 Å². The van der Waals surface area contributed by atoms with Gasteiger partial charge in [-0.15, -0.1) is 0 Å². The number of amides is 1. The van der Waals surface area contributed by atoms with Crippen molar-refractivity contribution >= 4 is 33.0 Å². The molecule has 7 heteroatoms. The van der Waals surface area contributed by atoms with Gasteiger partial charge >= 0.3 is 0 Å². The number of carbonyl (C=O) groups is 1. The molecule has 1 atom stereocenters. The number of hydrogen-bond donors (Lipinski definition) is 2. The van der Waals surface area contributed by atoms with Gasteiger partial charge in [0.1, 0.15) is 0 Å². The van der Waals surface area contributed by atoms with Crippen molar-refractivity contribution in [2.45, 2.75) is 30.2 Å². The van der Waals surface area contributed by atoms with Crippen molar-refractivity contribution in [3.05, 3.63) is 23.2 Å². The number of nitrogens with two attached hydrogens (primary N) is 1. The minimum absolute atomic E-state index is 0.115. The molecule has 0 heterocycles. The maximum Gasteiger partial charge on any atom is 0.225 e. The number of anilines is 1. The van der Waals surface area contributed by atoms with Crippen molar-refractivity contribution in [1.82, 2.24) is 0 Å². The van der Waals surface area contributed by atoms with Gasteiger partial charge in [0.05, 0.1) is 15.6 Å². The van der Waals surface area contributed by atoms with Crippen molar-refractivity contribution < 1.29 is 13.2 Å². The Morgan fingerprint density at radius 1 is 1.50 bits per heavy atom. The molecule has 0 aliphatic heterocycles. The van der Waals surface area contributed by atoms with Crippen LogP contribution in [0.3, 0.4) is 0 Å². The third-order valence-corrected chi connectivity index (χ3v) is 4.73. The number of nitrogens with one attached hydrogen (secondary N) is 1. The highest BCUT2D eigenvalue weighted by Crippen LogP contribution is 2.33. The Labute approximate surface area is 123 Å². The van der Waals surface area contributed by atoms with E-state index >= 15 is 0 Å². The fourth-order valence-electron chi connectivity index (χ4n) is 1.94. The maximum atomic E-state index is 11.9. The molecule has 3 N–H and O–H groups in total. The molecule has 0 radical (unpaired) electrons. The minimum Gasteiger partial charge on any atom is -0.327 e. The predicted octanol–water partition coefficient (Wildman–Crippen LogP) is 1.81. The number of hydrogen-bond acceptors (Lipinski definition) is 4. The molecule has 1 aromatic rings. The molecular formula is C13H17ClN2O3S. The van der Waals surface area contributed by atoms with Gasteiger partial charge in [-0.1, -0.05) is 11.6 Å². The first-order chi connectivity index (χ1) is 9.27. The Hall–Kier alpha value is -1.11. The topological polar surface area (TPSA) is 89.3 Å². The minimum atomic E-state index is -3.34. The molecule has 0 aromatic heterocycles. The highest BCUT2D eigenvalue weighted by molar-refractivity contribution is 7.90. The first-order valence-corrected chi connectivity index (χ1v) is 8.59. The van der Waals surface area contributed by atoms with Gasteiger partial charge in [0.2, 0.25) is 5.91 Å². The van der Waals surface area contributed by atoms with Gasteiger partial charge < -0.3 is 11.1 Å². The number of sulfone groups is 1. The summed E-state index contributed by atoms with van der Waals surface area (Å²) < 4.78 is 23.0. The monoisotopic (exact) mass is 316 g/mol. The predicted molar refractivity (Wildman–Crippen MR) is 78.5 cm³/mol. The summed E-state index contributed by atoms with van der Waals surface area (Å²) >= 11 is 5.96. The van der Waals surface area contributed by atoms with Crippen LogP contribution in [0, 0.1) is 5.92 Å². The molecule has 5 nitrogen and oxygen atoms in total. The molecule has 1 unspecified atom stereocenters. The zero-order valence-electron chi connectivity index (χ0n) is 11.1. The number of rotatable bonds is 5. The van der Waals surface area contributed by atoms with E-state index in [1.807, 2.05) is 0 Å². The smallest absolute Gasteiger partial charge is 0.225 e. The van der Waals surface area contributed by atoms with E-state index in [9.17, 15) is 13.2 Å². The summed E-state index contributed by atoms with van der Waals surface area (Å²) in [5.41, 5.74) is 6.18. The lowest BCUT2D eigenvalue weighted by molar-refractivity contribution is -0.116. The summed E-state index contributed by atoms with van der Waals surface area (Å²) in [4.78, 5) is 12.0. The fraction of sp³-hybridized carbons (Fsp3) is 0.462. The van der Waals surface area contributed by atoms with Crippen LogP contribution in [0.15, 0.2) is 23.1 Å². The van der Waals surface area contributed by atoms with Gasteiger partial charge in [-0.25, -0.2) is 8.42 Å².